The molecule has 0 atom stereocenters. The van der Waals surface area contributed by atoms with Crippen molar-refractivity contribution in [3.05, 3.63) is 83.5 Å². The minimum atomic E-state index is 0.247. The van der Waals surface area contributed by atoms with Gasteiger partial charge in [0.25, 0.3) is 0 Å². The lowest BCUT2D eigenvalue weighted by Crippen LogP contribution is -2.01. The second kappa shape index (κ2) is 10.2. The number of aromatic hydroxyl groups is 2. The molecule has 2 N–H and O–H groups in total. The van der Waals surface area contributed by atoms with Crippen LogP contribution < -0.4 is 0 Å². The van der Waals surface area contributed by atoms with Crippen LogP contribution in [-0.2, 0) is 6.42 Å². The average molecular weight is 377 g/mol. The molecule has 0 unspecified atom stereocenters. The molecule has 0 amide bonds. The third-order valence-corrected chi connectivity index (χ3v) is 5.62. The van der Waals surface area contributed by atoms with E-state index in [0.29, 0.717) is 11.5 Å². The van der Waals surface area contributed by atoms with E-state index in [0.717, 1.165) is 18.4 Å². The molecular formula is C26H32O2. The van der Waals surface area contributed by atoms with Crippen LogP contribution in [0.4, 0.5) is 0 Å². The molecule has 0 aliphatic heterocycles. The molecule has 0 saturated carbocycles. The molecule has 2 aromatic carbocycles. The van der Waals surface area contributed by atoms with Gasteiger partial charge < -0.3 is 10.2 Å². The first-order valence-electron chi connectivity index (χ1n) is 10.6. The molecule has 0 saturated heterocycles. The SMILES string of the molecule is CCCCCCCCc1cc(C2C=CC(c3ccc(O)cc3)C=C2)ccc1O. The lowest BCUT2D eigenvalue weighted by molar-refractivity contribution is 0.465. The fraction of sp³-hybridized carbons (Fsp3) is 0.385. The topological polar surface area (TPSA) is 40.5 Å². The molecule has 1 aliphatic carbocycles. The molecule has 28 heavy (non-hydrogen) atoms. The molecule has 0 aromatic heterocycles. The molecule has 0 fully saturated rings. The van der Waals surface area contributed by atoms with Gasteiger partial charge in [0.2, 0.25) is 0 Å². The summed E-state index contributed by atoms with van der Waals surface area (Å²) in [4.78, 5) is 0. The summed E-state index contributed by atoms with van der Waals surface area (Å²) in [6.07, 6.45) is 17.4. The van der Waals surface area contributed by atoms with Crippen molar-refractivity contribution in [1.29, 1.82) is 0 Å². The zero-order valence-electron chi connectivity index (χ0n) is 16.8. The van der Waals surface area contributed by atoms with Crippen LogP contribution in [0.25, 0.3) is 0 Å². The van der Waals surface area contributed by atoms with E-state index >= 15 is 0 Å². The van der Waals surface area contributed by atoms with E-state index in [1.807, 2.05) is 24.3 Å². The Balaban J connectivity index is 1.59. The Labute approximate surface area is 169 Å². The van der Waals surface area contributed by atoms with Crippen molar-refractivity contribution in [3.8, 4) is 11.5 Å². The number of phenols is 2. The van der Waals surface area contributed by atoms with Crippen molar-refractivity contribution in [1.82, 2.24) is 0 Å². The first kappa shape index (κ1) is 20.3. The van der Waals surface area contributed by atoms with Crippen molar-refractivity contribution in [2.45, 2.75) is 63.7 Å². The highest BCUT2D eigenvalue weighted by molar-refractivity contribution is 5.43. The molecule has 2 heteroatoms. The normalized spacial score (nSPS) is 18.5. The smallest absolute Gasteiger partial charge is 0.118 e. The fourth-order valence-corrected chi connectivity index (χ4v) is 3.86. The molecule has 2 aromatic rings. The number of rotatable bonds is 9. The quantitative estimate of drug-likeness (QED) is 0.365. The van der Waals surface area contributed by atoms with Crippen molar-refractivity contribution in [2.24, 2.45) is 0 Å². The van der Waals surface area contributed by atoms with Crippen LogP contribution >= 0.6 is 0 Å². The maximum absolute atomic E-state index is 10.2. The summed E-state index contributed by atoms with van der Waals surface area (Å²) >= 11 is 0. The summed E-state index contributed by atoms with van der Waals surface area (Å²) in [6, 6.07) is 13.4. The number of hydrogen-bond acceptors (Lipinski definition) is 2. The highest BCUT2D eigenvalue weighted by atomic mass is 16.3. The minimum Gasteiger partial charge on any atom is -0.508 e. The molecule has 3 rings (SSSR count). The van der Waals surface area contributed by atoms with Gasteiger partial charge in [0, 0.05) is 11.8 Å². The Morgan fingerprint density at radius 2 is 1.25 bits per heavy atom. The molecule has 0 radical (unpaired) electrons. The van der Waals surface area contributed by atoms with Gasteiger partial charge in [-0.2, -0.15) is 0 Å². The predicted octanol–water partition coefficient (Wildman–Crippen LogP) is 6.99. The number of allylic oxidation sites excluding steroid dienone is 4. The average Bonchev–Trinajstić information content (AvgIpc) is 2.72. The first-order chi connectivity index (χ1) is 13.7. The second-order valence-electron chi connectivity index (χ2n) is 7.82. The van der Waals surface area contributed by atoms with Crippen LogP contribution in [0.15, 0.2) is 66.8 Å². The Morgan fingerprint density at radius 1 is 0.679 bits per heavy atom. The molecule has 1 aliphatic rings. The van der Waals surface area contributed by atoms with Crippen LogP contribution in [0.1, 0.15) is 74.0 Å². The lowest BCUT2D eigenvalue weighted by atomic mass is 9.86. The maximum atomic E-state index is 10.2. The molecule has 2 nitrogen and oxygen atoms in total. The van der Waals surface area contributed by atoms with Gasteiger partial charge >= 0.3 is 0 Å². The van der Waals surface area contributed by atoms with Crippen molar-refractivity contribution in [2.75, 3.05) is 0 Å². The molecular weight excluding hydrogens is 344 g/mol. The summed E-state index contributed by atoms with van der Waals surface area (Å²) in [5.41, 5.74) is 3.48. The zero-order chi connectivity index (χ0) is 19.8. The van der Waals surface area contributed by atoms with Crippen LogP contribution in [0.2, 0.25) is 0 Å². The van der Waals surface area contributed by atoms with Gasteiger partial charge in [-0.25, -0.2) is 0 Å². The van der Waals surface area contributed by atoms with E-state index < -0.39 is 0 Å². The van der Waals surface area contributed by atoms with Gasteiger partial charge in [-0.05, 0) is 47.7 Å². The van der Waals surface area contributed by atoms with Gasteiger partial charge in [0.15, 0.2) is 0 Å². The van der Waals surface area contributed by atoms with Gasteiger partial charge in [-0.15, -0.1) is 0 Å². The predicted molar refractivity (Wildman–Crippen MR) is 117 cm³/mol. The van der Waals surface area contributed by atoms with Crippen LogP contribution in [0.5, 0.6) is 11.5 Å². The number of unbranched alkanes of at least 4 members (excludes halogenated alkanes) is 5. The lowest BCUT2D eigenvalue weighted by Gasteiger charge is -2.18. The number of benzene rings is 2. The van der Waals surface area contributed by atoms with E-state index in [1.54, 1.807) is 12.1 Å². The largest absolute Gasteiger partial charge is 0.508 e. The summed E-state index contributed by atoms with van der Waals surface area (Å²) in [5.74, 6) is 1.21. The van der Waals surface area contributed by atoms with Crippen molar-refractivity contribution < 1.29 is 10.2 Å². The first-order valence-corrected chi connectivity index (χ1v) is 10.6. The number of phenolic OH excluding ortho intramolecular Hbond substituents is 2. The third kappa shape index (κ3) is 5.51. The molecule has 0 spiro atoms. The van der Waals surface area contributed by atoms with Crippen molar-refractivity contribution >= 4 is 0 Å². The Morgan fingerprint density at radius 3 is 1.93 bits per heavy atom. The Hall–Kier alpha value is -2.48. The number of hydrogen-bond donors (Lipinski definition) is 2. The highest BCUT2D eigenvalue weighted by Gasteiger charge is 2.14. The van der Waals surface area contributed by atoms with Crippen LogP contribution in [-0.4, -0.2) is 10.2 Å². The van der Waals surface area contributed by atoms with E-state index in [-0.39, 0.29) is 11.8 Å². The van der Waals surface area contributed by atoms with Gasteiger partial charge in [-0.3, -0.25) is 0 Å². The van der Waals surface area contributed by atoms with Gasteiger partial charge in [-0.1, -0.05) is 87.6 Å². The maximum Gasteiger partial charge on any atom is 0.118 e. The zero-order valence-corrected chi connectivity index (χ0v) is 16.8. The second-order valence-corrected chi connectivity index (χ2v) is 7.82. The fourth-order valence-electron chi connectivity index (χ4n) is 3.86. The number of aryl methyl sites for hydroxylation is 1. The minimum absolute atomic E-state index is 0.247. The van der Waals surface area contributed by atoms with Crippen LogP contribution in [0, 0.1) is 0 Å². The monoisotopic (exact) mass is 376 g/mol. The standard InChI is InChI=1S/C26H32O2/c1-2-3-4-5-6-7-8-24-19-23(15-18-26(24)28)22-11-9-20(10-12-22)21-13-16-25(27)17-14-21/h9-20,22,27-28H,2-8H2,1H3. The van der Waals surface area contributed by atoms with E-state index in [9.17, 15) is 10.2 Å². The Kier molecular flexibility index (Phi) is 7.36. The Bertz CT molecular complexity index is 788. The van der Waals surface area contributed by atoms with Gasteiger partial charge in [0.1, 0.15) is 11.5 Å². The highest BCUT2D eigenvalue weighted by Crippen LogP contribution is 2.32. The van der Waals surface area contributed by atoms with Crippen molar-refractivity contribution in [3.63, 3.8) is 0 Å². The summed E-state index contributed by atoms with van der Waals surface area (Å²) in [6.45, 7) is 2.24. The third-order valence-electron chi connectivity index (χ3n) is 5.62. The molecule has 0 heterocycles. The van der Waals surface area contributed by atoms with Gasteiger partial charge in [0.05, 0.1) is 0 Å². The van der Waals surface area contributed by atoms with E-state index in [2.05, 4.69) is 37.3 Å². The van der Waals surface area contributed by atoms with E-state index in [4.69, 9.17) is 0 Å². The molecule has 148 valence electrons. The summed E-state index contributed by atoms with van der Waals surface area (Å²) in [7, 11) is 0. The van der Waals surface area contributed by atoms with Crippen LogP contribution in [0.3, 0.4) is 0 Å². The molecule has 0 bridgehead atoms. The van der Waals surface area contributed by atoms with E-state index in [1.165, 1.54) is 43.2 Å². The summed E-state index contributed by atoms with van der Waals surface area (Å²) < 4.78 is 0. The summed E-state index contributed by atoms with van der Waals surface area (Å²) in [5, 5.41) is 19.7.